The highest BCUT2D eigenvalue weighted by Crippen LogP contribution is 2.25. The second kappa shape index (κ2) is 9.27. The van der Waals surface area contributed by atoms with Crippen molar-refractivity contribution in [1.82, 2.24) is 5.32 Å². The van der Waals surface area contributed by atoms with Gasteiger partial charge in [0, 0.05) is 19.6 Å². The maximum absolute atomic E-state index is 12.2. The number of carbonyl (C=O) groups excluding carboxylic acids is 1. The minimum atomic E-state index is -0.912. The maximum atomic E-state index is 12.2. The van der Waals surface area contributed by atoms with Gasteiger partial charge in [-0.3, -0.25) is 9.59 Å². The summed E-state index contributed by atoms with van der Waals surface area (Å²) in [5.74, 6) is 0.409. The van der Waals surface area contributed by atoms with Gasteiger partial charge in [0.2, 0.25) is 5.91 Å². The highest BCUT2D eigenvalue weighted by molar-refractivity contribution is 5.78. The first-order valence-electron chi connectivity index (χ1n) is 8.40. The lowest BCUT2D eigenvalue weighted by atomic mass is 9.86. The SMILES string of the molecule is COc1ccc(OCCCC(=O)NC2(CC(=O)O)CCOCC2)cc1. The lowest BCUT2D eigenvalue weighted by molar-refractivity contribution is -0.140. The Kier molecular flexibility index (Phi) is 7.06. The molecule has 1 aromatic rings. The van der Waals surface area contributed by atoms with Crippen molar-refractivity contribution >= 4 is 11.9 Å². The van der Waals surface area contributed by atoms with E-state index < -0.39 is 11.5 Å². The second-order valence-electron chi connectivity index (χ2n) is 6.14. The third-order valence-corrected chi connectivity index (χ3v) is 4.22. The highest BCUT2D eigenvalue weighted by Gasteiger charge is 2.36. The van der Waals surface area contributed by atoms with Gasteiger partial charge in [-0.2, -0.15) is 0 Å². The average molecular weight is 351 g/mol. The summed E-state index contributed by atoms with van der Waals surface area (Å²) in [5, 5.41) is 12.0. The fourth-order valence-corrected chi connectivity index (χ4v) is 2.85. The molecule has 25 heavy (non-hydrogen) atoms. The molecule has 7 heteroatoms. The number of carbonyl (C=O) groups is 2. The van der Waals surface area contributed by atoms with E-state index >= 15 is 0 Å². The van der Waals surface area contributed by atoms with Crippen molar-refractivity contribution in [3.05, 3.63) is 24.3 Å². The van der Waals surface area contributed by atoms with Crippen LogP contribution in [0.15, 0.2) is 24.3 Å². The third-order valence-electron chi connectivity index (χ3n) is 4.22. The van der Waals surface area contributed by atoms with Gasteiger partial charge in [0.05, 0.1) is 25.7 Å². The maximum Gasteiger partial charge on any atom is 0.305 e. The summed E-state index contributed by atoms with van der Waals surface area (Å²) in [6.07, 6.45) is 1.81. The molecule has 0 spiro atoms. The summed E-state index contributed by atoms with van der Waals surface area (Å²) in [6.45, 7) is 1.34. The number of benzene rings is 1. The number of amides is 1. The number of nitrogens with one attached hydrogen (secondary N) is 1. The Labute approximate surface area is 147 Å². The van der Waals surface area contributed by atoms with E-state index in [0.717, 1.165) is 5.75 Å². The van der Waals surface area contributed by atoms with E-state index in [9.17, 15) is 9.59 Å². The summed E-state index contributed by atoms with van der Waals surface area (Å²) < 4.78 is 15.9. The first-order chi connectivity index (χ1) is 12.0. The molecule has 0 aliphatic carbocycles. The van der Waals surface area contributed by atoms with Gasteiger partial charge in [-0.15, -0.1) is 0 Å². The van der Waals surface area contributed by atoms with Crippen LogP contribution in [0.4, 0.5) is 0 Å². The minimum Gasteiger partial charge on any atom is -0.497 e. The summed E-state index contributed by atoms with van der Waals surface area (Å²) >= 11 is 0. The van der Waals surface area contributed by atoms with Crippen LogP contribution in [0.2, 0.25) is 0 Å². The molecule has 0 bridgehead atoms. The fraction of sp³-hybridized carbons (Fsp3) is 0.556. The summed E-state index contributed by atoms with van der Waals surface area (Å²) in [6, 6.07) is 7.23. The molecule has 138 valence electrons. The van der Waals surface area contributed by atoms with Crippen LogP contribution in [0.25, 0.3) is 0 Å². The number of aliphatic carboxylic acids is 1. The van der Waals surface area contributed by atoms with Crippen molar-refractivity contribution in [1.29, 1.82) is 0 Å². The molecule has 1 heterocycles. The van der Waals surface area contributed by atoms with E-state index in [1.54, 1.807) is 7.11 Å². The van der Waals surface area contributed by atoms with Crippen LogP contribution in [0, 0.1) is 0 Å². The zero-order valence-corrected chi connectivity index (χ0v) is 14.5. The van der Waals surface area contributed by atoms with Gasteiger partial charge in [-0.25, -0.2) is 0 Å². The Morgan fingerprint density at radius 3 is 2.44 bits per heavy atom. The van der Waals surface area contributed by atoms with Gasteiger partial charge in [0.1, 0.15) is 11.5 Å². The predicted octanol–water partition coefficient (Wildman–Crippen LogP) is 1.99. The average Bonchev–Trinajstić information content (AvgIpc) is 2.59. The van der Waals surface area contributed by atoms with Crippen molar-refractivity contribution in [2.45, 2.75) is 37.6 Å². The molecule has 0 unspecified atom stereocenters. The zero-order chi connectivity index (χ0) is 18.1. The number of hydrogen-bond acceptors (Lipinski definition) is 5. The number of carboxylic acids is 1. The van der Waals surface area contributed by atoms with Crippen LogP contribution in [0.5, 0.6) is 11.5 Å². The van der Waals surface area contributed by atoms with Crippen LogP contribution in [-0.4, -0.2) is 49.5 Å². The molecule has 2 N–H and O–H groups in total. The van der Waals surface area contributed by atoms with Crippen molar-refractivity contribution in [2.24, 2.45) is 0 Å². The molecule has 1 amide bonds. The van der Waals surface area contributed by atoms with Gasteiger partial charge in [0.15, 0.2) is 0 Å². The molecule has 7 nitrogen and oxygen atoms in total. The zero-order valence-electron chi connectivity index (χ0n) is 14.5. The van der Waals surface area contributed by atoms with Crippen LogP contribution < -0.4 is 14.8 Å². The first kappa shape index (κ1) is 19.1. The van der Waals surface area contributed by atoms with E-state index in [0.29, 0.717) is 51.3 Å². The van der Waals surface area contributed by atoms with Gasteiger partial charge in [-0.05, 0) is 43.5 Å². The topological polar surface area (TPSA) is 94.1 Å². The Hall–Kier alpha value is -2.28. The van der Waals surface area contributed by atoms with Crippen molar-refractivity contribution in [3.63, 3.8) is 0 Å². The highest BCUT2D eigenvalue weighted by atomic mass is 16.5. The lowest BCUT2D eigenvalue weighted by Gasteiger charge is -2.36. The molecule has 1 aliphatic rings. The van der Waals surface area contributed by atoms with E-state index in [1.165, 1.54) is 0 Å². The third kappa shape index (κ3) is 6.26. The molecule has 2 rings (SSSR count). The summed E-state index contributed by atoms with van der Waals surface area (Å²) in [4.78, 5) is 23.3. The number of ether oxygens (including phenoxy) is 3. The molecule has 1 saturated heterocycles. The summed E-state index contributed by atoms with van der Waals surface area (Å²) in [5.41, 5.74) is -0.696. The van der Waals surface area contributed by atoms with E-state index in [-0.39, 0.29) is 12.3 Å². The molecule has 1 aliphatic heterocycles. The normalized spacial score (nSPS) is 16.0. The number of carboxylic acid groups (broad SMARTS) is 1. The second-order valence-corrected chi connectivity index (χ2v) is 6.14. The number of rotatable bonds is 9. The Bertz CT molecular complexity index is 565. The molecule has 0 aromatic heterocycles. The Morgan fingerprint density at radius 2 is 1.84 bits per heavy atom. The van der Waals surface area contributed by atoms with Crippen LogP contribution in [-0.2, 0) is 14.3 Å². The van der Waals surface area contributed by atoms with Crippen LogP contribution in [0.3, 0.4) is 0 Å². The van der Waals surface area contributed by atoms with Gasteiger partial charge in [-0.1, -0.05) is 0 Å². The van der Waals surface area contributed by atoms with Crippen molar-refractivity contribution in [3.8, 4) is 11.5 Å². The van der Waals surface area contributed by atoms with E-state index in [1.807, 2.05) is 24.3 Å². The molecule has 0 atom stereocenters. The quantitative estimate of drug-likeness (QED) is 0.661. The van der Waals surface area contributed by atoms with Gasteiger partial charge < -0.3 is 24.6 Å². The summed E-state index contributed by atoms with van der Waals surface area (Å²) in [7, 11) is 1.60. The molecular formula is C18H25NO6. The molecular weight excluding hydrogens is 326 g/mol. The first-order valence-corrected chi connectivity index (χ1v) is 8.40. The van der Waals surface area contributed by atoms with Gasteiger partial charge >= 0.3 is 5.97 Å². The van der Waals surface area contributed by atoms with Crippen LogP contribution in [0.1, 0.15) is 32.1 Å². The lowest BCUT2D eigenvalue weighted by Crippen LogP contribution is -2.53. The molecule has 1 fully saturated rings. The Morgan fingerprint density at radius 1 is 1.20 bits per heavy atom. The standard InChI is InChI=1S/C18H25NO6/c1-23-14-4-6-15(7-5-14)25-10-2-3-16(20)19-18(13-17(21)22)8-11-24-12-9-18/h4-7H,2-3,8-13H2,1H3,(H,19,20)(H,21,22). The monoisotopic (exact) mass is 351 g/mol. The number of hydrogen-bond donors (Lipinski definition) is 2. The van der Waals surface area contributed by atoms with Crippen molar-refractivity contribution < 1.29 is 28.9 Å². The molecule has 0 radical (unpaired) electrons. The molecule has 1 aromatic carbocycles. The van der Waals surface area contributed by atoms with E-state index in [4.69, 9.17) is 19.3 Å². The van der Waals surface area contributed by atoms with Crippen molar-refractivity contribution in [2.75, 3.05) is 26.9 Å². The minimum absolute atomic E-state index is 0.0789. The number of methoxy groups -OCH3 is 1. The predicted molar refractivity (Wildman–Crippen MR) is 90.9 cm³/mol. The van der Waals surface area contributed by atoms with Crippen LogP contribution >= 0.6 is 0 Å². The van der Waals surface area contributed by atoms with E-state index in [2.05, 4.69) is 5.32 Å². The molecule has 0 saturated carbocycles. The Balaban J connectivity index is 1.73. The smallest absolute Gasteiger partial charge is 0.305 e. The fourth-order valence-electron chi connectivity index (χ4n) is 2.85. The largest absolute Gasteiger partial charge is 0.497 e. The van der Waals surface area contributed by atoms with Gasteiger partial charge in [0.25, 0.3) is 0 Å².